The highest BCUT2D eigenvalue weighted by Gasteiger charge is 2.56. The number of esters is 1. The fourth-order valence-corrected chi connectivity index (χ4v) is 4.77. The summed E-state index contributed by atoms with van der Waals surface area (Å²) in [5.41, 5.74) is 4.95. The van der Waals surface area contributed by atoms with E-state index in [2.05, 4.69) is 0 Å². The van der Waals surface area contributed by atoms with Crippen LogP contribution in [0.5, 0.6) is 5.75 Å². The number of fused-ring (bicyclic) bond motifs is 1. The maximum Gasteiger partial charge on any atom is 0.357 e. The zero-order chi connectivity index (χ0) is 20.4. The molecule has 2 heterocycles. The van der Waals surface area contributed by atoms with Crippen LogP contribution in [0.1, 0.15) is 6.42 Å². The first-order valence-electron chi connectivity index (χ1n) is 8.27. The SMILES string of the molecule is CS(=O)c1ccc(OC2=C(C(=O)O)N3C(=O)[C@H](CCOC(=O)CN)C3S2)cc1. The summed E-state index contributed by atoms with van der Waals surface area (Å²) in [6.45, 7) is -0.207. The summed E-state index contributed by atoms with van der Waals surface area (Å²) in [4.78, 5) is 36.9. The number of nitrogens with two attached hydrogens (primary N) is 1. The number of thioether (sulfide) groups is 1. The van der Waals surface area contributed by atoms with Gasteiger partial charge in [-0.3, -0.25) is 18.7 Å². The number of carboxylic acid groups (broad SMARTS) is 1. The van der Waals surface area contributed by atoms with Gasteiger partial charge in [0.2, 0.25) is 5.91 Å². The number of carboxylic acids is 1. The van der Waals surface area contributed by atoms with Crippen LogP contribution in [0, 0.1) is 5.92 Å². The molecular weight excluding hydrogens is 408 g/mol. The Kier molecular flexibility index (Phi) is 6.06. The molecule has 150 valence electrons. The molecule has 28 heavy (non-hydrogen) atoms. The summed E-state index contributed by atoms with van der Waals surface area (Å²) in [5.74, 6) is -2.28. The molecule has 2 unspecified atom stereocenters. The van der Waals surface area contributed by atoms with E-state index < -0.39 is 34.0 Å². The van der Waals surface area contributed by atoms with Gasteiger partial charge in [0.05, 0.1) is 19.1 Å². The van der Waals surface area contributed by atoms with Gasteiger partial charge in [-0.2, -0.15) is 0 Å². The van der Waals surface area contributed by atoms with Crippen LogP contribution < -0.4 is 10.5 Å². The van der Waals surface area contributed by atoms with E-state index in [9.17, 15) is 23.7 Å². The zero-order valence-corrected chi connectivity index (χ0v) is 16.5. The number of hydrogen-bond donors (Lipinski definition) is 2. The molecule has 0 radical (unpaired) electrons. The molecule has 2 aliphatic rings. The minimum Gasteiger partial charge on any atom is -0.476 e. The second-order valence-electron chi connectivity index (χ2n) is 6.01. The quantitative estimate of drug-likeness (QED) is 0.449. The van der Waals surface area contributed by atoms with Crippen molar-refractivity contribution in [3.63, 3.8) is 0 Å². The molecule has 3 N–H and O–H groups in total. The first-order valence-corrected chi connectivity index (χ1v) is 10.7. The normalized spacial score (nSPS) is 21.8. The Balaban J connectivity index is 1.70. The predicted molar refractivity (Wildman–Crippen MR) is 100 cm³/mol. The molecule has 3 atom stereocenters. The van der Waals surface area contributed by atoms with Crippen molar-refractivity contribution >= 4 is 40.4 Å². The molecule has 0 bridgehead atoms. The molecular formula is C17H18N2O7S2. The van der Waals surface area contributed by atoms with E-state index in [0.717, 1.165) is 11.8 Å². The van der Waals surface area contributed by atoms with Gasteiger partial charge in [-0.1, -0.05) is 11.8 Å². The molecule has 11 heteroatoms. The number of aliphatic carboxylic acids is 1. The average Bonchev–Trinajstić information content (AvgIpc) is 3.00. The Morgan fingerprint density at radius 2 is 2.00 bits per heavy atom. The number of nitrogens with zero attached hydrogens (tertiary/aromatic N) is 1. The summed E-state index contributed by atoms with van der Waals surface area (Å²) >= 11 is 1.14. The lowest BCUT2D eigenvalue weighted by Crippen LogP contribution is -2.57. The van der Waals surface area contributed by atoms with E-state index in [4.69, 9.17) is 15.2 Å². The monoisotopic (exact) mass is 426 g/mol. The van der Waals surface area contributed by atoms with Crippen LogP contribution in [0.3, 0.4) is 0 Å². The third-order valence-corrected chi connectivity index (χ3v) is 6.45. The van der Waals surface area contributed by atoms with Gasteiger partial charge in [-0.05, 0) is 30.7 Å². The second-order valence-corrected chi connectivity index (χ2v) is 8.47. The molecule has 2 aliphatic heterocycles. The van der Waals surface area contributed by atoms with E-state index in [-0.39, 0.29) is 36.3 Å². The van der Waals surface area contributed by atoms with E-state index >= 15 is 0 Å². The molecule has 0 spiro atoms. The van der Waals surface area contributed by atoms with Gasteiger partial charge >= 0.3 is 11.9 Å². The van der Waals surface area contributed by atoms with Crippen LogP contribution in [0.4, 0.5) is 0 Å². The van der Waals surface area contributed by atoms with Gasteiger partial charge in [-0.15, -0.1) is 0 Å². The number of hydrogen-bond acceptors (Lipinski definition) is 8. The van der Waals surface area contributed by atoms with Crippen molar-refractivity contribution < 1.29 is 33.2 Å². The van der Waals surface area contributed by atoms with E-state index in [0.29, 0.717) is 10.6 Å². The fourth-order valence-electron chi connectivity index (χ4n) is 2.85. The molecule has 1 aromatic carbocycles. The molecule has 3 rings (SSSR count). The molecule has 1 aromatic rings. The largest absolute Gasteiger partial charge is 0.476 e. The van der Waals surface area contributed by atoms with Crippen LogP contribution in [-0.4, -0.2) is 56.8 Å². The van der Waals surface area contributed by atoms with Gasteiger partial charge in [0.15, 0.2) is 10.8 Å². The molecule has 1 saturated heterocycles. The van der Waals surface area contributed by atoms with E-state index in [1.54, 1.807) is 30.5 Å². The van der Waals surface area contributed by atoms with Crippen molar-refractivity contribution in [1.82, 2.24) is 4.90 Å². The molecule has 1 fully saturated rings. The topological polar surface area (TPSA) is 136 Å². The van der Waals surface area contributed by atoms with Crippen LogP contribution in [-0.2, 0) is 29.9 Å². The molecule has 9 nitrogen and oxygen atoms in total. The number of carbonyl (C=O) groups excluding carboxylic acids is 2. The van der Waals surface area contributed by atoms with Crippen LogP contribution >= 0.6 is 11.8 Å². The molecule has 0 aliphatic carbocycles. The fraction of sp³-hybridized carbons (Fsp3) is 0.353. The summed E-state index contributed by atoms with van der Waals surface area (Å²) < 4.78 is 22.0. The highest BCUT2D eigenvalue weighted by molar-refractivity contribution is 8.03. The van der Waals surface area contributed by atoms with Crippen LogP contribution in [0.2, 0.25) is 0 Å². The maximum absolute atomic E-state index is 12.4. The number of amides is 1. The maximum atomic E-state index is 12.4. The standard InChI is InChI=1S/C17H18N2O7S2/c1-28(24)10-4-2-9(3-5-10)26-17-13(16(22)23)19-14(21)11(15(19)27-17)6-7-25-12(20)8-18/h2-5,11,15H,6-8,18H2,1H3,(H,22,23)/t11-,15?,28?/m0/s1. The minimum atomic E-state index is -1.27. The van der Waals surface area contributed by atoms with Crippen molar-refractivity contribution in [3.05, 3.63) is 35.1 Å². The summed E-state index contributed by atoms with van der Waals surface area (Å²) in [6.07, 6.45) is 1.82. The summed E-state index contributed by atoms with van der Waals surface area (Å²) in [7, 11) is -1.14. The number of carbonyl (C=O) groups is 3. The summed E-state index contributed by atoms with van der Waals surface area (Å²) in [6, 6.07) is 6.43. The minimum absolute atomic E-state index is 0.0333. The van der Waals surface area contributed by atoms with Crippen LogP contribution in [0.25, 0.3) is 0 Å². The van der Waals surface area contributed by atoms with Crippen molar-refractivity contribution in [2.75, 3.05) is 19.4 Å². The lowest BCUT2D eigenvalue weighted by atomic mass is 9.94. The van der Waals surface area contributed by atoms with Crippen molar-refractivity contribution in [3.8, 4) is 5.75 Å². The third kappa shape index (κ3) is 3.91. The Morgan fingerprint density at radius 1 is 1.32 bits per heavy atom. The smallest absolute Gasteiger partial charge is 0.357 e. The number of β-lactam (4-membered cyclic amide) rings is 1. The molecule has 0 saturated carbocycles. The number of benzene rings is 1. The van der Waals surface area contributed by atoms with Gasteiger partial charge in [-0.25, -0.2) is 4.79 Å². The Morgan fingerprint density at radius 3 is 2.57 bits per heavy atom. The van der Waals surface area contributed by atoms with E-state index in [1.807, 2.05) is 0 Å². The second kappa shape index (κ2) is 8.33. The molecule has 0 aromatic heterocycles. The third-order valence-electron chi connectivity index (χ3n) is 4.24. The van der Waals surface area contributed by atoms with Gasteiger partial charge in [0.25, 0.3) is 0 Å². The Labute approximate surface area is 167 Å². The Bertz CT molecular complexity index is 869. The predicted octanol–water partition coefficient (Wildman–Crippen LogP) is 0.480. The Hall–Kier alpha value is -2.37. The van der Waals surface area contributed by atoms with E-state index in [1.165, 1.54) is 4.90 Å². The van der Waals surface area contributed by atoms with Gasteiger partial charge in [0, 0.05) is 22.0 Å². The number of rotatable bonds is 8. The van der Waals surface area contributed by atoms with Crippen molar-refractivity contribution in [2.45, 2.75) is 16.7 Å². The van der Waals surface area contributed by atoms with Crippen molar-refractivity contribution in [2.24, 2.45) is 11.7 Å². The molecule has 1 amide bonds. The van der Waals surface area contributed by atoms with Gasteiger partial charge in [0.1, 0.15) is 11.1 Å². The highest BCUT2D eigenvalue weighted by atomic mass is 32.2. The first kappa shape index (κ1) is 20.4. The number of ether oxygens (including phenoxy) is 2. The zero-order valence-electron chi connectivity index (χ0n) is 14.8. The van der Waals surface area contributed by atoms with Gasteiger partial charge < -0.3 is 20.3 Å². The average molecular weight is 426 g/mol. The lowest BCUT2D eigenvalue weighted by molar-refractivity contribution is -0.154. The first-order chi connectivity index (χ1) is 13.3. The van der Waals surface area contributed by atoms with Crippen LogP contribution in [0.15, 0.2) is 39.9 Å². The lowest BCUT2D eigenvalue weighted by Gasteiger charge is -2.41. The highest BCUT2D eigenvalue weighted by Crippen LogP contribution is 2.50. The summed E-state index contributed by atoms with van der Waals surface area (Å²) in [5, 5.41) is 9.20. The van der Waals surface area contributed by atoms with Crippen molar-refractivity contribution in [1.29, 1.82) is 0 Å².